The Labute approximate surface area is 142 Å². The van der Waals surface area contributed by atoms with E-state index in [4.69, 9.17) is 17.0 Å². The molecule has 1 aromatic carbocycles. The first-order chi connectivity index (χ1) is 10.9. The first kappa shape index (κ1) is 16.2. The average molecular weight is 372 g/mol. The van der Waals surface area contributed by atoms with Crippen LogP contribution >= 0.6 is 23.6 Å². The lowest BCUT2D eigenvalue weighted by Gasteiger charge is -2.13. The van der Waals surface area contributed by atoms with E-state index in [1.54, 1.807) is 24.4 Å². The summed E-state index contributed by atoms with van der Waals surface area (Å²) in [5.41, 5.74) is 0.721. The monoisotopic (exact) mass is 372 g/mol. The number of hydrogen-bond donors (Lipinski definition) is 2. The first-order valence-corrected chi connectivity index (χ1v) is 9.49. The Morgan fingerprint density at radius 1 is 1.43 bits per heavy atom. The summed E-state index contributed by atoms with van der Waals surface area (Å²) >= 11 is 6.06. The molecule has 1 aliphatic rings. The molecule has 0 saturated carbocycles. The van der Waals surface area contributed by atoms with Crippen molar-refractivity contribution in [1.82, 2.24) is 0 Å². The Balaban J connectivity index is 1.98. The summed E-state index contributed by atoms with van der Waals surface area (Å²) in [6.45, 7) is 1.77. The van der Waals surface area contributed by atoms with E-state index in [2.05, 4.69) is 10.0 Å². The maximum atomic E-state index is 14.7. The van der Waals surface area contributed by atoms with Crippen molar-refractivity contribution in [3.63, 3.8) is 0 Å². The molecule has 3 rings (SSSR count). The zero-order valence-corrected chi connectivity index (χ0v) is 14.4. The molecule has 9 heteroatoms. The number of fused-ring (bicyclic) bond motifs is 1. The lowest BCUT2D eigenvalue weighted by molar-refractivity contribution is 0.216. The number of thiocarbonyl (C=S) groups is 1. The van der Waals surface area contributed by atoms with Crippen LogP contribution in [0.1, 0.15) is 12.5 Å². The highest BCUT2D eigenvalue weighted by Gasteiger charge is 2.24. The average Bonchev–Trinajstić information content (AvgIpc) is 2.96. The Kier molecular flexibility index (Phi) is 4.26. The van der Waals surface area contributed by atoms with Gasteiger partial charge in [-0.15, -0.1) is 11.3 Å². The number of nitrogens with one attached hydrogen (secondary N) is 2. The van der Waals surface area contributed by atoms with Gasteiger partial charge in [-0.2, -0.15) is 0 Å². The number of ether oxygens (including phenoxy) is 1. The highest BCUT2D eigenvalue weighted by molar-refractivity contribution is 7.94. The maximum absolute atomic E-state index is 14.7. The lowest BCUT2D eigenvalue weighted by atomic mass is 10.1. The molecule has 0 radical (unpaired) electrons. The molecule has 0 aliphatic carbocycles. The highest BCUT2D eigenvalue weighted by Crippen LogP contribution is 2.31. The van der Waals surface area contributed by atoms with Crippen LogP contribution in [0.15, 0.2) is 33.9 Å². The number of benzene rings is 1. The van der Waals surface area contributed by atoms with Gasteiger partial charge in [0.2, 0.25) is 0 Å². The van der Waals surface area contributed by atoms with Gasteiger partial charge in [-0.05, 0) is 42.7 Å². The number of thiophene rings is 1. The number of anilines is 2. The van der Waals surface area contributed by atoms with E-state index < -0.39 is 15.8 Å². The van der Waals surface area contributed by atoms with Crippen LogP contribution in [0.25, 0.3) is 0 Å². The fraction of sp³-hybridized carbons (Fsp3) is 0.214. The van der Waals surface area contributed by atoms with Gasteiger partial charge < -0.3 is 10.1 Å². The molecule has 2 aromatic rings. The van der Waals surface area contributed by atoms with Crippen molar-refractivity contribution >= 4 is 50.1 Å². The fourth-order valence-corrected chi connectivity index (χ4v) is 4.61. The van der Waals surface area contributed by atoms with E-state index in [1.807, 2.05) is 0 Å². The predicted molar refractivity (Wildman–Crippen MR) is 92.0 cm³/mol. The molecule has 1 unspecified atom stereocenters. The predicted octanol–water partition coefficient (Wildman–Crippen LogP) is 3.35. The van der Waals surface area contributed by atoms with Gasteiger partial charge in [0.05, 0.1) is 5.69 Å². The second-order valence-corrected chi connectivity index (χ2v) is 8.26. The molecule has 0 bridgehead atoms. The van der Waals surface area contributed by atoms with Crippen molar-refractivity contribution < 1.29 is 17.5 Å². The van der Waals surface area contributed by atoms with Gasteiger partial charge in [-0.3, -0.25) is 4.72 Å². The molecule has 0 amide bonds. The number of halogens is 1. The SMILES string of the molecule is CC1Cc2c(ccc(NS(=O)(=O)c3cccs3)c2F)NC(=S)O1. The van der Waals surface area contributed by atoms with Gasteiger partial charge in [0.1, 0.15) is 10.3 Å². The first-order valence-electron chi connectivity index (χ1n) is 6.72. The summed E-state index contributed by atoms with van der Waals surface area (Å²) in [5.74, 6) is -0.629. The molecule has 2 N–H and O–H groups in total. The standard InChI is InChI=1S/C14H13FN2O3S3/c1-8-7-9-10(16-14(21)20-8)4-5-11(13(9)15)17-23(18,19)12-3-2-6-22-12/h2-6,8,17H,7H2,1H3,(H,16,21). The zero-order chi connectivity index (χ0) is 16.6. The fourth-order valence-electron chi connectivity index (χ4n) is 2.28. The highest BCUT2D eigenvalue weighted by atomic mass is 32.2. The molecule has 0 fully saturated rings. The molecule has 0 spiro atoms. The van der Waals surface area contributed by atoms with Crippen LogP contribution in [0, 0.1) is 5.82 Å². The summed E-state index contributed by atoms with van der Waals surface area (Å²) in [6.07, 6.45) is -0.0296. The van der Waals surface area contributed by atoms with Gasteiger partial charge >= 0.3 is 0 Å². The van der Waals surface area contributed by atoms with E-state index in [9.17, 15) is 12.8 Å². The topological polar surface area (TPSA) is 67.4 Å². The minimum atomic E-state index is -3.80. The van der Waals surface area contributed by atoms with Crippen LogP contribution in [0.5, 0.6) is 0 Å². The van der Waals surface area contributed by atoms with E-state index in [0.29, 0.717) is 11.3 Å². The zero-order valence-electron chi connectivity index (χ0n) is 12.0. The van der Waals surface area contributed by atoms with Crippen molar-refractivity contribution in [3.05, 3.63) is 41.0 Å². The Morgan fingerprint density at radius 2 is 2.22 bits per heavy atom. The third-order valence-electron chi connectivity index (χ3n) is 3.28. The lowest BCUT2D eigenvalue weighted by Crippen LogP contribution is -2.16. The second kappa shape index (κ2) is 6.06. The van der Waals surface area contributed by atoms with Gasteiger partial charge in [0.15, 0.2) is 5.82 Å². The smallest absolute Gasteiger partial charge is 0.271 e. The van der Waals surface area contributed by atoms with Crippen LogP contribution < -0.4 is 10.0 Å². The summed E-state index contributed by atoms with van der Waals surface area (Å²) < 4.78 is 47.0. The van der Waals surface area contributed by atoms with E-state index >= 15 is 0 Å². The molecule has 23 heavy (non-hydrogen) atoms. The molecule has 2 heterocycles. The van der Waals surface area contributed by atoms with Crippen molar-refractivity contribution in [1.29, 1.82) is 0 Å². The maximum Gasteiger partial charge on any atom is 0.271 e. The Hall–Kier alpha value is -1.71. The molecule has 5 nitrogen and oxygen atoms in total. The third kappa shape index (κ3) is 3.31. The van der Waals surface area contributed by atoms with Crippen molar-refractivity contribution in [2.45, 2.75) is 23.7 Å². The largest absolute Gasteiger partial charge is 0.467 e. The minimum Gasteiger partial charge on any atom is -0.467 e. The molecule has 1 aliphatic heterocycles. The molecular formula is C14H13FN2O3S3. The molecular weight excluding hydrogens is 359 g/mol. The minimum absolute atomic E-state index is 0.0982. The Bertz CT molecular complexity index is 850. The third-order valence-corrected chi connectivity index (χ3v) is 6.25. The summed E-state index contributed by atoms with van der Waals surface area (Å²) in [4.78, 5) is 0. The van der Waals surface area contributed by atoms with Crippen LogP contribution in [0.3, 0.4) is 0 Å². The van der Waals surface area contributed by atoms with E-state index in [1.165, 1.54) is 12.1 Å². The number of hydrogen-bond acceptors (Lipinski definition) is 5. The number of rotatable bonds is 3. The Morgan fingerprint density at radius 3 is 2.91 bits per heavy atom. The van der Waals surface area contributed by atoms with Gasteiger partial charge in [0.25, 0.3) is 15.2 Å². The van der Waals surface area contributed by atoms with Crippen LogP contribution in [-0.2, 0) is 21.2 Å². The van der Waals surface area contributed by atoms with Crippen LogP contribution in [0.2, 0.25) is 0 Å². The summed E-state index contributed by atoms with van der Waals surface area (Å²) in [5, 5.41) is 4.62. The van der Waals surface area contributed by atoms with E-state index in [0.717, 1.165) is 11.3 Å². The van der Waals surface area contributed by atoms with Gasteiger partial charge in [0, 0.05) is 17.7 Å². The normalized spacial score (nSPS) is 17.7. The van der Waals surface area contributed by atoms with Crippen molar-refractivity contribution in [2.24, 2.45) is 0 Å². The molecule has 122 valence electrons. The quantitative estimate of drug-likeness (QED) is 0.809. The summed E-state index contributed by atoms with van der Waals surface area (Å²) in [7, 11) is -3.80. The van der Waals surface area contributed by atoms with Gasteiger partial charge in [-0.25, -0.2) is 12.8 Å². The van der Waals surface area contributed by atoms with E-state index in [-0.39, 0.29) is 27.6 Å². The molecule has 0 saturated heterocycles. The number of sulfonamides is 1. The van der Waals surface area contributed by atoms with Crippen molar-refractivity contribution in [3.8, 4) is 0 Å². The summed E-state index contributed by atoms with van der Waals surface area (Å²) in [6, 6.07) is 6.03. The molecule has 1 atom stereocenters. The molecule has 1 aromatic heterocycles. The van der Waals surface area contributed by atoms with Crippen LogP contribution in [-0.4, -0.2) is 19.7 Å². The van der Waals surface area contributed by atoms with Crippen LogP contribution in [0.4, 0.5) is 15.8 Å². The van der Waals surface area contributed by atoms with Crippen molar-refractivity contribution in [2.75, 3.05) is 10.0 Å². The van der Waals surface area contributed by atoms with Gasteiger partial charge in [-0.1, -0.05) is 6.07 Å². The second-order valence-electron chi connectivity index (χ2n) is 5.04.